The molecule has 76 valence electrons. The predicted molar refractivity (Wildman–Crippen MR) is 69.2 cm³/mol. The van der Waals surface area contributed by atoms with Gasteiger partial charge in [-0.05, 0) is 12.1 Å². The molecule has 0 nitrogen and oxygen atoms in total. The average molecular weight is 220 g/mol. The van der Waals surface area contributed by atoms with E-state index < -0.39 is 16.1 Å². The van der Waals surface area contributed by atoms with Crippen molar-refractivity contribution >= 4 is 16.1 Å². The third-order valence-corrected chi connectivity index (χ3v) is 11.1. The Kier molecular flexibility index (Phi) is 3.64. The fourth-order valence-electron chi connectivity index (χ4n) is 2.06. The maximum absolute atomic E-state index is 3.54. The van der Waals surface area contributed by atoms with E-state index in [2.05, 4.69) is 49.1 Å². The maximum atomic E-state index is 3.54. The van der Waals surface area contributed by atoms with Crippen LogP contribution in [0.1, 0.15) is 19.3 Å². The molecule has 0 N–H and O–H groups in total. The largest absolute Gasteiger partial charge is 0.132 e. The molecule has 0 unspecified atom stereocenters. The first kappa shape index (κ1) is 11.6. The molecule has 0 spiro atoms. The van der Waals surface area contributed by atoms with Gasteiger partial charge in [0, 0.05) is 12.8 Å². The Labute approximate surface area is 90.5 Å². The van der Waals surface area contributed by atoms with Crippen LogP contribution in [0.5, 0.6) is 0 Å². The van der Waals surface area contributed by atoms with Gasteiger partial charge in [-0.1, -0.05) is 26.2 Å². The molecule has 0 aliphatic carbocycles. The summed E-state index contributed by atoms with van der Waals surface area (Å²) in [4.78, 5) is 0. The van der Waals surface area contributed by atoms with Gasteiger partial charge in [-0.3, -0.25) is 0 Å². The third-order valence-electron chi connectivity index (χ3n) is 2.34. The third kappa shape index (κ3) is 4.18. The topological polar surface area (TPSA) is 0 Å². The van der Waals surface area contributed by atoms with Crippen LogP contribution in [-0.2, 0) is 0 Å². The monoisotopic (exact) mass is 220 g/mol. The molecule has 0 aromatic rings. The van der Waals surface area contributed by atoms with Gasteiger partial charge in [-0.15, -0.1) is 22.9 Å². The van der Waals surface area contributed by atoms with Crippen molar-refractivity contribution in [3.8, 4) is 22.9 Å². The van der Waals surface area contributed by atoms with Crippen molar-refractivity contribution in [3.05, 3.63) is 0 Å². The van der Waals surface area contributed by atoms with Crippen LogP contribution in [0.4, 0.5) is 0 Å². The van der Waals surface area contributed by atoms with Gasteiger partial charge >= 0.3 is 0 Å². The summed E-state index contributed by atoms with van der Waals surface area (Å²) < 4.78 is 0. The minimum atomic E-state index is -1.26. The second-order valence-corrected chi connectivity index (χ2v) is 14.9. The van der Waals surface area contributed by atoms with E-state index in [1.807, 2.05) is 0 Å². The van der Waals surface area contributed by atoms with Crippen molar-refractivity contribution < 1.29 is 0 Å². The van der Waals surface area contributed by atoms with Crippen molar-refractivity contribution in [2.45, 2.75) is 51.1 Å². The molecule has 0 aromatic heterocycles. The van der Waals surface area contributed by atoms with Gasteiger partial charge in [0.05, 0.1) is 0 Å². The molecule has 0 amide bonds. The molecule has 1 aliphatic heterocycles. The molecule has 0 saturated heterocycles. The Morgan fingerprint density at radius 3 is 1.64 bits per heavy atom. The standard InChI is InChI=1S/C12H20Si2/c1-13(2)10-8-6-5-7-9-11-14(3,4)12-13/h5-7,12H2,1-4H3. The minimum absolute atomic E-state index is 1.05. The van der Waals surface area contributed by atoms with Crippen LogP contribution < -0.4 is 0 Å². The van der Waals surface area contributed by atoms with Crippen molar-refractivity contribution in [1.29, 1.82) is 0 Å². The van der Waals surface area contributed by atoms with Gasteiger partial charge in [0.15, 0.2) is 0 Å². The summed E-state index contributed by atoms with van der Waals surface area (Å²) >= 11 is 0. The van der Waals surface area contributed by atoms with E-state index in [1.165, 1.54) is 5.67 Å². The summed E-state index contributed by atoms with van der Waals surface area (Å²) in [6, 6.07) is 0. The molecule has 0 fully saturated rings. The van der Waals surface area contributed by atoms with Crippen LogP contribution in [0.3, 0.4) is 0 Å². The van der Waals surface area contributed by atoms with E-state index >= 15 is 0 Å². The quantitative estimate of drug-likeness (QED) is 0.434. The van der Waals surface area contributed by atoms with Crippen molar-refractivity contribution in [2.24, 2.45) is 0 Å². The Morgan fingerprint density at radius 1 is 0.786 bits per heavy atom. The Balaban J connectivity index is 2.86. The van der Waals surface area contributed by atoms with E-state index in [1.54, 1.807) is 0 Å². The van der Waals surface area contributed by atoms with Gasteiger partial charge in [0.1, 0.15) is 16.1 Å². The Bertz CT molecular complexity index is 286. The lowest BCUT2D eigenvalue weighted by Crippen LogP contribution is -2.38. The number of hydrogen-bond acceptors (Lipinski definition) is 0. The highest BCUT2D eigenvalue weighted by molar-refractivity contribution is 7.02. The summed E-state index contributed by atoms with van der Waals surface area (Å²) in [5.41, 5.74) is 8.41. The first-order chi connectivity index (χ1) is 6.41. The molecular weight excluding hydrogens is 200 g/mol. The summed E-state index contributed by atoms with van der Waals surface area (Å²) in [5.74, 6) is 6.70. The van der Waals surface area contributed by atoms with Gasteiger partial charge in [-0.2, -0.15) is 0 Å². The summed E-state index contributed by atoms with van der Waals surface area (Å²) in [6.45, 7) is 9.55. The molecule has 0 bridgehead atoms. The summed E-state index contributed by atoms with van der Waals surface area (Å²) in [7, 11) is -2.53. The molecule has 0 saturated carbocycles. The van der Waals surface area contributed by atoms with Crippen LogP contribution in [0.15, 0.2) is 0 Å². The molecule has 0 atom stereocenters. The molecule has 2 heteroatoms. The second-order valence-electron chi connectivity index (χ2n) is 5.40. The molecule has 1 heterocycles. The Morgan fingerprint density at radius 2 is 1.21 bits per heavy atom. The second kappa shape index (κ2) is 4.38. The number of rotatable bonds is 0. The molecular formula is C12H20Si2. The number of hydrogen-bond donors (Lipinski definition) is 0. The average Bonchev–Trinajstić information content (AvgIpc) is 1.99. The first-order valence-corrected chi connectivity index (χ1v) is 11.8. The lowest BCUT2D eigenvalue weighted by molar-refractivity contribution is 0.904. The zero-order valence-corrected chi connectivity index (χ0v) is 11.8. The smallest absolute Gasteiger partial charge is 0.130 e. The normalized spacial score (nSPS) is 23.7. The van der Waals surface area contributed by atoms with E-state index in [-0.39, 0.29) is 0 Å². The van der Waals surface area contributed by atoms with Crippen LogP contribution in [-0.4, -0.2) is 16.1 Å². The molecule has 0 aromatic carbocycles. The van der Waals surface area contributed by atoms with Crippen LogP contribution in [0, 0.1) is 22.9 Å². The molecule has 0 radical (unpaired) electrons. The van der Waals surface area contributed by atoms with Crippen LogP contribution >= 0.6 is 0 Å². The summed E-state index contributed by atoms with van der Waals surface area (Å²) in [6.07, 6.45) is 3.26. The van der Waals surface area contributed by atoms with Gasteiger partial charge in [0.2, 0.25) is 0 Å². The summed E-state index contributed by atoms with van der Waals surface area (Å²) in [5, 5.41) is 0. The highest BCUT2D eigenvalue weighted by Crippen LogP contribution is 2.19. The van der Waals surface area contributed by atoms with Crippen molar-refractivity contribution in [2.75, 3.05) is 0 Å². The van der Waals surface area contributed by atoms with Gasteiger partial charge in [0.25, 0.3) is 0 Å². The first-order valence-electron chi connectivity index (χ1n) is 5.41. The Hall–Kier alpha value is -0.446. The van der Waals surface area contributed by atoms with E-state index in [9.17, 15) is 0 Å². The SMILES string of the molecule is C[Si]1(C)C#CCCCC#C[Si](C)(C)C1. The molecule has 1 aliphatic rings. The minimum Gasteiger partial charge on any atom is -0.132 e. The lowest BCUT2D eigenvalue weighted by atomic mass is 10.2. The molecule has 1 rings (SSSR count). The van der Waals surface area contributed by atoms with Crippen molar-refractivity contribution in [1.82, 2.24) is 0 Å². The lowest BCUT2D eigenvalue weighted by Gasteiger charge is -2.23. The van der Waals surface area contributed by atoms with Gasteiger partial charge < -0.3 is 0 Å². The van der Waals surface area contributed by atoms with E-state index in [4.69, 9.17) is 0 Å². The zero-order valence-electron chi connectivity index (χ0n) is 9.83. The fourth-order valence-corrected chi connectivity index (χ4v) is 12.8. The fraction of sp³-hybridized carbons (Fsp3) is 0.667. The maximum Gasteiger partial charge on any atom is 0.130 e. The predicted octanol–water partition coefficient (Wildman–Crippen LogP) is 3.21. The molecule has 14 heavy (non-hydrogen) atoms. The van der Waals surface area contributed by atoms with Crippen molar-refractivity contribution in [3.63, 3.8) is 0 Å². The highest BCUT2D eigenvalue weighted by atomic mass is 28.4. The van der Waals surface area contributed by atoms with E-state index in [0.29, 0.717) is 0 Å². The zero-order chi connectivity index (χ0) is 10.7. The van der Waals surface area contributed by atoms with Gasteiger partial charge in [-0.25, -0.2) is 0 Å². The van der Waals surface area contributed by atoms with Crippen LogP contribution in [0.2, 0.25) is 31.9 Å². The van der Waals surface area contributed by atoms with Crippen LogP contribution in [0.25, 0.3) is 0 Å². The highest BCUT2D eigenvalue weighted by Gasteiger charge is 2.30. The van der Waals surface area contributed by atoms with E-state index in [0.717, 1.165) is 19.3 Å².